The van der Waals surface area contributed by atoms with Crippen molar-refractivity contribution < 1.29 is 17.7 Å². The second kappa shape index (κ2) is 5.62. The number of benzene rings is 1. The van der Waals surface area contributed by atoms with E-state index in [-0.39, 0.29) is 10.7 Å². The molecule has 7 nitrogen and oxygen atoms in total. The number of nitro groups is 1. The zero-order valence-electron chi connectivity index (χ0n) is 10.2. The second-order valence-electron chi connectivity index (χ2n) is 3.85. The lowest BCUT2D eigenvalue weighted by atomic mass is 10.3. The highest BCUT2D eigenvalue weighted by Crippen LogP contribution is 2.27. The number of hydrogen-bond acceptors (Lipinski definition) is 5. The molecule has 10 heteroatoms. The van der Waals surface area contributed by atoms with E-state index in [4.69, 9.17) is 11.6 Å². The zero-order chi connectivity index (χ0) is 15.6. The van der Waals surface area contributed by atoms with Gasteiger partial charge in [0.05, 0.1) is 21.8 Å². The molecular formula is C11H7ClFN3O4S. The van der Waals surface area contributed by atoms with Crippen molar-refractivity contribution in [2.75, 3.05) is 4.72 Å². The molecule has 1 N–H and O–H groups in total. The van der Waals surface area contributed by atoms with Crippen molar-refractivity contribution in [3.63, 3.8) is 0 Å². The monoisotopic (exact) mass is 331 g/mol. The van der Waals surface area contributed by atoms with Gasteiger partial charge in [0.2, 0.25) is 5.95 Å². The standard InChI is InChI=1S/C11H7ClFN3O4S/c12-9-3-2-8(16(17)18)5-10(9)21(19,20)15-7-1-4-11(13)14-6-7/h1-6,15H. The van der Waals surface area contributed by atoms with Crippen LogP contribution in [0.25, 0.3) is 0 Å². The Morgan fingerprint density at radius 1 is 1.29 bits per heavy atom. The molecule has 0 aliphatic rings. The summed E-state index contributed by atoms with van der Waals surface area (Å²) in [4.78, 5) is 12.8. The molecule has 0 spiro atoms. The summed E-state index contributed by atoms with van der Waals surface area (Å²) in [5, 5.41) is 10.5. The molecule has 1 aromatic carbocycles. The number of sulfonamides is 1. The fraction of sp³-hybridized carbons (Fsp3) is 0. The third-order valence-corrected chi connectivity index (χ3v) is 4.26. The molecule has 0 aliphatic heterocycles. The molecule has 110 valence electrons. The largest absolute Gasteiger partial charge is 0.278 e. The van der Waals surface area contributed by atoms with E-state index in [9.17, 15) is 22.9 Å². The van der Waals surface area contributed by atoms with E-state index in [0.717, 1.165) is 36.5 Å². The number of aromatic nitrogens is 1. The van der Waals surface area contributed by atoms with Gasteiger partial charge in [0.15, 0.2) is 0 Å². The number of hydrogen-bond donors (Lipinski definition) is 1. The van der Waals surface area contributed by atoms with Crippen LogP contribution in [0.1, 0.15) is 0 Å². The van der Waals surface area contributed by atoms with Gasteiger partial charge in [-0.25, -0.2) is 13.4 Å². The number of pyridine rings is 1. The van der Waals surface area contributed by atoms with Crippen LogP contribution in [0.5, 0.6) is 0 Å². The molecule has 0 atom stereocenters. The average molecular weight is 332 g/mol. The zero-order valence-corrected chi connectivity index (χ0v) is 11.7. The van der Waals surface area contributed by atoms with Crippen LogP contribution in [0.4, 0.5) is 15.8 Å². The van der Waals surface area contributed by atoms with Crippen LogP contribution in [0.3, 0.4) is 0 Å². The summed E-state index contributed by atoms with van der Waals surface area (Å²) in [6.07, 6.45) is 0.970. The fourth-order valence-electron chi connectivity index (χ4n) is 1.46. The summed E-state index contributed by atoms with van der Waals surface area (Å²) in [5.41, 5.74) is -0.420. The predicted octanol–water partition coefficient (Wildman–Crippen LogP) is 2.58. The van der Waals surface area contributed by atoms with Gasteiger partial charge in [0, 0.05) is 12.1 Å². The Labute approximate surface area is 123 Å². The summed E-state index contributed by atoms with van der Waals surface area (Å²) in [7, 11) is -4.16. The van der Waals surface area contributed by atoms with Crippen molar-refractivity contribution in [3.05, 3.63) is 57.6 Å². The van der Waals surface area contributed by atoms with Gasteiger partial charge in [0.1, 0.15) is 4.90 Å². The molecule has 0 amide bonds. The van der Waals surface area contributed by atoms with Crippen LogP contribution in [-0.4, -0.2) is 18.3 Å². The van der Waals surface area contributed by atoms with Crippen molar-refractivity contribution in [1.29, 1.82) is 0 Å². The van der Waals surface area contributed by atoms with Crippen molar-refractivity contribution in [3.8, 4) is 0 Å². The SMILES string of the molecule is O=[N+]([O-])c1ccc(Cl)c(S(=O)(=O)Nc2ccc(F)nc2)c1. The van der Waals surface area contributed by atoms with Gasteiger partial charge in [-0.05, 0) is 18.2 Å². The molecule has 0 radical (unpaired) electrons. The van der Waals surface area contributed by atoms with Gasteiger partial charge >= 0.3 is 0 Å². The quantitative estimate of drug-likeness (QED) is 0.527. The highest BCUT2D eigenvalue weighted by molar-refractivity contribution is 7.92. The summed E-state index contributed by atoms with van der Waals surface area (Å²) in [5.74, 6) is -0.772. The first-order chi connectivity index (χ1) is 9.79. The van der Waals surface area contributed by atoms with E-state index < -0.39 is 31.5 Å². The van der Waals surface area contributed by atoms with Gasteiger partial charge in [-0.3, -0.25) is 14.8 Å². The first-order valence-corrected chi connectivity index (χ1v) is 7.24. The Hall–Kier alpha value is -2.26. The normalized spacial score (nSPS) is 11.1. The number of nitrogens with zero attached hydrogens (tertiary/aromatic N) is 2. The van der Waals surface area contributed by atoms with Gasteiger partial charge in [-0.1, -0.05) is 11.6 Å². The molecule has 0 aliphatic carbocycles. The minimum atomic E-state index is -4.16. The maximum absolute atomic E-state index is 12.7. The number of anilines is 1. The van der Waals surface area contributed by atoms with E-state index >= 15 is 0 Å². The minimum Gasteiger partial charge on any atom is -0.278 e. The number of rotatable bonds is 4. The lowest BCUT2D eigenvalue weighted by Gasteiger charge is -2.09. The number of nitro benzene ring substituents is 1. The maximum Gasteiger partial charge on any atom is 0.270 e. The molecule has 2 rings (SSSR count). The molecule has 0 bridgehead atoms. The molecule has 2 aromatic rings. The molecule has 21 heavy (non-hydrogen) atoms. The molecule has 0 unspecified atom stereocenters. The third-order valence-electron chi connectivity index (χ3n) is 2.39. The number of halogens is 2. The Morgan fingerprint density at radius 2 is 2.00 bits per heavy atom. The van der Waals surface area contributed by atoms with E-state index in [1.165, 1.54) is 0 Å². The molecule has 0 saturated carbocycles. The van der Waals surface area contributed by atoms with Crippen molar-refractivity contribution in [2.45, 2.75) is 4.90 Å². The predicted molar refractivity (Wildman–Crippen MR) is 73.1 cm³/mol. The summed E-state index contributed by atoms with van der Waals surface area (Å²) >= 11 is 5.76. The third kappa shape index (κ3) is 3.44. The van der Waals surface area contributed by atoms with E-state index in [2.05, 4.69) is 9.71 Å². The summed E-state index contributed by atoms with van der Waals surface area (Å²) in [6.45, 7) is 0. The number of non-ortho nitro benzene ring substituents is 1. The van der Waals surface area contributed by atoms with Crippen molar-refractivity contribution >= 4 is 33.0 Å². The molecule has 1 aromatic heterocycles. The Morgan fingerprint density at radius 3 is 2.57 bits per heavy atom. The highest BCUT2D eigenvalue weighted by Gasteiger charge is 2.21. The van der Waals surface area contributed by atoms with Crippen LogP contribution < -0.4 is 4.72 Å². The highest BCUT2D eigenvalue weighted by atomic mass is 35.5. The first-order valence-electron chi connectivity index (χ1n) is 5.38. The first kappa shape index (κ1) is 15.1. The minimum absolute atomic E-state index is 0.000951. The lowest BCUT2D eigenvalue weighted by molar-refractivity contribution is -0.385. The van der Waals surface area contributed by atoms with Gasteiger partial charge in [-0.2, -0.15) is 4.39 Å². The van der Waals surface area contributed by atoms with Crippen molar-refractivity contribution in [1.82, 2.24) is 4.98 Å². The average Bonchev–Trinajstić information content (AvgIpc) is 2.41. The van der Waals surface area contributed by atoms with Crippen LogP contribution in [0.15, 0.2) is 41.4 Å². The smallest absolute Gasteiger partial charge is 0.270 e. The molecule has 0 saturated heterocycles. The molecule has 1 heterocycles. The van der Waals surface area contributed by atoms with Crippen LogP contribution in [-0.2, 0) is 10.0 Å². The van der Waals surface area contributed by atoms with Gasteiger partial charge in [0.25, 0.3) is 15.7 Å². The van der Waals surface area contributed by atoms with Gasteiger partial charge in [-0.15, -0.1) is 0 Å². The second-order valence-corrected chi connectivity index (χ2v) is 5.90. The lowest BCUT2D eigenvalue weighted by Crippen LogP contribution is -2.14. The van der Waals surface area contributed by atoms with Gasteiger partial charge < -0.3 is 0 Å². The van der Waals surface area contributed by atoms with E-state index in [1.807, 2.05) is 0 Å². The Bertz CT molecular complexity index is 796. The molecular weight excluding hydrogens is 325 g/mol. The van der Waals surface area contributed by atoms with E-state index in [1.54, 1.807) is 0 Å². The summed E-state index contributed by atoms with van der Waals surface area (Å²) < 4.78 is 39.1. The van der Waals surface area contributed by atoms with Crippen molar-refractivity contribution in [2.24, 2.45) is 0 Å². The fourth-order valence-corrected chi connectivity index (χ4v) is 3.02. The maximum atomic E-state index is 12.7. The topological polar surface area (TPSA) is 102 Å². The number of nitrogens with one attached hydrogen (secondary N) is 1. The van der Waals surface area contributed by atoms with Crippen LogP contribution in [0.2, 0.25) is 5.02 Å². The van der Waals surface area contributed by atoms with Crippen LogP contribution in [0, 0.1) is 16.1 Å². The Kier molecular flexibility index (Phi) is 4.05. The summed E-state index contributed by atoms with van der Waals surface area (Å²) in [6, 6.07) is 5.15. The van der Waals surface area contributed by atoms with E-state index in [0.29, 0.717) is 0 Å². The molecule has 0 fully saturated rings. The van der Waals surface area contributed by atoms with Crippen LogP contribution >= 0.6 is 11.6 Å². The Balaban J connectivity index is 2.41.